The molecule has 21 heavy (non-hydrogen) atoms. The predicted molar refractivity (Wildman–Crippen MR) is 83.5 cm³/mol. The number of aryl methyl sites for hydroxylation is 2. The van der Waals surface area contributed by atoms with Crippen molar-refractivity contribution in [2.75, 3.05) is 7.05 Å². The number of carbonyl (C=O) groups is 1. The van der Waals surface area contributed by atoms with Gasteiger partial charge in [0.1, 0.15) is 0 Å². The first-order chi connectivity index (χ1) is 9.90. The Morgan fingerprint density at radius 1 is 1.24 bits per heavy atom. The highest BCUT2D eigenvalue weighted by Gasteiger charge is 2.08. The maximum absolute atomic E-state index is 11.5. The molecule has 4 nitrogen and oxygen atoms in total. The van der Waals surface area contributed by atoms with E-state index in [1.54, 1.807) is 0 Å². The highest BCUT2D eigenvalue weighted by Crippen LogP contribution is 2.22. The Kier molecular flexibility index (Phi) is 4.29. The second-order valence-corrected chi connectivity index (χ2v) is 5.24. The molecule has 0 fully saturated rings. The molecule has 0 spiro atoms. The molecule has 0 aliphatic rings. The summed E-state index contributed by atoms with van der Waals surface area (Å²) in [7, 11) is 1.31. The lowest BCUT2D eigenvalue weighted by molar-refractivity contribution is -0.153. The number of hydrogen-bond donors (Lipinski definition) is 1. The van der Waals surface area contributed by atoms with Crippen molar-refractivity contribution in [1.82, 2.24) is 9.63 Å². The van der Waals surface area contributed by atoms with Gasteiger partial charge in [-0.05, 0) is 49.1 Å². The molecule has 0 saturated heterocycles. The minimum atomic E-state index is -0.438. The minimum absolute atomic E-state index is 0.438. The molecule has 1 amide bonds. The summed E-state index contributed by atoms with van der Waals surface area (Å²) in [5, 5.41) is 9.68. The summed E-state index contributed by atoms with van der Waals surface area (Å²) >= 11 is 0. The number of amides is 1. The lowest BCUT2D eigenvalue weighted by Gasteiger charge is -2.10. The Balaban J connectivity index is 2.37. The van der Waals surface area contributed by atoms with Crippen molar-refractivity contribution in [3.63, 3.8) is 0 Å². The standard InChI is InChI=1S/C17H20N2O2/c1-12-6-5-7-13(2)17(12)19-9-8-15(11-19)14(3)10-16(20)18(4)21/h5-11,21H,1-4H3/b14-10+. The molecular formula is C17H20N2O2. The maximum atomic E-state index is 11.5. The zero-order valence-corrected chi connectivity index (χ0v) is 12.8. The lowest BCUT2D eigenvalue weighted by atomic mass is 10.1. The number of rotatable bonds is 3. The van der Waals surface area contributed by atoms with Gasteiger partial charge in [-0.1, -0.05) is 18.2 Å². The summed E-state index contributed by atoms with van der Waals surface area (Å²) in [5.74, 6) is -0.438. The summed E-state index contributed by atoms with van der Waals surface area (Å²) < 4.78 is 2.06. The number of carbonyl (C=O) groups excluding carboxylic acids is 1. The van der Waals surface area contributed by atoms with Crippen LogP contribution < -0.4 is 0 Å². The maximum Gasteiger partial charge on any atom is 0.269 e. The van der Waals surface area contributed by atoms with Crippen LogP contribution in [-0.2, 0) is 4.79 Å². The molecule has 1 aromatic carbocycles. The van der Waals surface area contributed by atoms with Gasteiger partial charge in [0.05, 0.1) is 5.69 Å². The van der Waals surface area contributed by atoms with E-state index in [-0.39, 0.29) is 0 Å². The van der Waals surface area contributed by atoms with Crippen LogP contribution >= 0.6 is 0 Å². The van der Waals surface area contributed by atoms with E-state index in [9.17, 15) is 4.79 Å². The van der Waals surface area contributed by atoms with Crippen molar-refractivity contribution in [2.45, 2.75) is 20.8 Å². The van der Waals surface area contributed by atoms with Crippen LogP contribution in [-0.4, -0.2) is 27.8 Å². The van der Waals surface area contributed by atoms with E-state index in [0.717, 1.165) is 16.8 Å². The van der Waals surface area contributed by atoms with Gasteiger partial charge >= 0.3 is 0 Å². The number of nitrogens with zero attached hydrogens (tertiary/aromatic N) is 2. The van der Waals surface area contributed by atoms with Crippen LogP contribution in [0.1, 0.15) is 23.6 Å². The molecular weight excluding hydrogens is 264 g/mol. The molecule has 0 aliphatic heterocycles. The number of benzene rings is 1. The van der Waals surface area contributed by atoms with Crippen LogP contribution in [0.3, 0.4) is 0 Å². The van der Waals surface area contributed by atoms with Crippen LogP contribution in [0.15, 0.2) is 42.7 Å². The first-order valence-corrected chi connectivity index (χ1v) is 6.80. The number of aromatic nitrogens is 1. The molecule has 2 aromatic rings. The molecule has 0 bridgehead atoms. The molecule has 110 valence electrons. The fourth-order valence-electron chi connectivity index (χ4n) is 2.34. The van der Waals surface area contributed by atoms with Crippen LogP contribution in [0.2, 0.25) is 0 Å². The third kappa shape index (κ3) is 3.23. The van der Waals surface area contributed by atoms with E-state index in [1.165, 1.54) is 24.3 Å². The number of hydrogen-bond acceptors (Lipinski definition) is 2. The van der Waals surface area contributed by atoms with E-state index in [0.29, 0.717) is 5.06 Å². The second kappa shape index (κ2) is 5.97. The van der Waals surface area contributed by atoms with E-state index < -0.39 is 5.91 Å². The van der Waals surface area contributed by atoms with Crippen molar-refractivity contribution >= 4 is 11.5 Å². The van der Waals surface area contributed by atoms with E-state index in [2.05, 4.69) is 30.5 Å². The SMILES string of the molecule is C/C(=C\C(=O)N(C)O)c1ccn(-c2c(C)cccc2C)c1. The molecule has 0 saturated carbocycles. The van der Waals surface area contributed by atoms with Gasteiger partial charge in [0.2, 0.25) is 0 Å². The molecule has 0 atom stereocenters. The topological polar surface area (TPSA) is 45.5 Å². The molecule has 2 rings (SSSR count). The zero-order valence-electron chi connectivity index (χ0n) is 12.8. The second-order valence-electron chi connectivity index (χ2n) is 5.24. The molecule has 1 N–H and O–H groups in total. The summed E-state index contributed by atoms with van der Waals surface area (Å²) in [6.45, 7) is 6.01. The van der Waals surface area contributed by atoms with E-state index in [4.69, 9.17) is 5.21 Å². The highest BCUT2D eigenvalue weighted by atomic mass is 16.5. The Morgan fingerprint density at radius 2 is 1.86 bits per heavy atom. The zero-order chi connectivity index (χ0) is 15.6. The van der Waals surface area contributed by atoms with Gasteiger partial charge in [-0.3, -0.25) is 10.0 Å². The Morgan fingerprint density at radius 3 is 2.43 bits per heavy atom. The predicted octanol–water partition coefficient (Wildman–Crippen LogP) is 3.35. The van der Waals surface area contributed by atoms with Gasteiger partial charge in [-0.15, -0.1) is 0 Å². The van der Waals surface area contributed by atoms with Crippen LogP contribution in [0, 0.1) is 13.8 Å². The monoisotopic (exact) mass is 284 g/mol. The van der Waals surface area contributed by atoms with Crippen LogP contribution in [0.5, 0.6) is 0 Å². The molecule has 0 unspecified atom stereocenters. The number of allylic oxidation sites excluding steroid dienone is 1. The van der Waals surface area contributed by atoms with Crippen molar-refractivity contribution in [2.24, 2.45) is 0 Å². The quantitative estimate of drug-likeness (QED) is 0.534. The average Bonchev–Trinajstić information content (AvgIpc) is 2.87. The van der Waals surface area contributed by atoms with Crippen molar-refractivity contribution in [3.05, 3.63) is 59.4 Å². The summed E-state index contributed by atoms with van der Waals surface area (Å²) in [4.78, 5) is 11.5. The van der Waals surface area contributed by atoms with E-state index >= 15 is 0 Å². The van der Waals surface area contributed by atoms with Gasteiger partial charge in [0.25, 0.3) is 5.91 Å². The number of hydroxylamine groups is 2. The Bertz CT molecular complexity index is 676. The third-order valence-electron chi connectivity index (χ3n) is 3.50. The first-order valence-electron chi connectivity index (χ1n) is 6.80. The van der Waals surface area contributed by atoms with Gasteiger partial charge < -0.3 is 4.57 Å². The van der Waals surface area contributed by atoms with Crippen molar-refractivity contribution in [3.8, 4) is 5.69 Å². The summed E-state index contributed by atoms with van der Waals surface area (Å²) in [6, 6.07) is 8.16. The number of likely N-dealkylation sites (N-methyl/N-ethyl adjacent to an activating group) is 1. The van der Waals surface area contributed by atoms with E-state index in [1.807, 2.05) is 31.5 Å². The fraction of sp³-hybridized carbons (Fsp3) is 0.235. The summed E-state index contributed by atoms with van der Waals surface area (Å²) in [6.07, 6.45) is 5.39. The normalized spacial score (nSPS) is 11.6. The molecule has 0 radical (unpaired) electrons. The number of para-hydroxylation sites is 1. The van der Waals surface area contributed by atoms with Gasteiger partial charge in [0, 0.05) is 25.5 Å². The van der Waals surface area contributed by atoms with Gasteiger partial charge in [-0.2, -0.15) is 0 Å². The van der Waals surface area contributed by atoms with Crippen molar-refractivity contribution in [1.29, 1.82) is 0 Å². The van der Waals surface area contributed by atoms with Crippen LogP contribution in [0.4, 0.5) is 0 Å². The van der Waals surface area contributed by atoms with Crippen molar-refractivity contribution < 1.29 is 10.0 Å². The Hall–Kier alpha value is -2.33. The fourth-order valence-corrected chi connectivity index (χ4v) is 2.34. The third-order valence-corrected chi connectivity index (χ3v) is 3.50. The van der Waals surface area contributed by atoms with Crippen LogP contribution in [0.25, 0.3) is 11.3 Å². The molecule has 1 heterocycles. The highest BCUT2D eigenvalue weighted by molar-refractivity contribution is 5.94. The first kappa shape index (κ1) is 15.1. The molecule has 1 aromatic heterocycles. The smallest absolute Gasteiger partial charge is 0.269 e. The average molecular weight is 284 g/mol. The van der Waals surface area contributed by atoms with Gasteiger partial charge in [-0.25, -0.2) is 5.06 Å². The summed E-state index contributed by atoms with van der Waals surface area (Å²) in [5.41, 5.74) is 5.32. The molecule has 4 heteroatoms. The lowest BCUT2D eigenvalue weighted by Crippen LogP contribution is -2.20. The Labute approximate surface area is 124 Å². The minimum Gasteiger partial charge on any atom is -0.323 e. The largest absolute Gasteiger partial charge is 0.323 e. The molecule has 0 aliphatic carbocycles. The van der Waals surface area contributed by atoms with Gasteiger partial charge in [0.15, 0.2) is 0 Å².